The summed E-state index contributed by atoms with van der Waals surface area (Å²) in [6.45, 7) is 1.86. The molecule has 3 unspecified atom stereocenters. The lowest BCUT2D eigenvalue weighted by Crippen LogP contribution is -2.74. The van der Waals surface area contributed by atoms with Crippen molar-refractivity contribution in [2.45, 2.75) is 93.4 Å². The van der Waals surface area contributed by atoms with Gasteiger partial charge in [-0.25, -0.2) is 4.79 Å². The minimum atomic E-state index is -1.64. The summed E-state index contributed by atoms with van der Waals surface area (Å²) in [5, 5.41) is 40.5. The number of methoxy groups -OCH3 is 1. The van der Waals surface area contributed by atoms with E-state index in [4.69, 9.17) is 25.7 Å². The number of likely N-dealkylation sites (N-methyl/N-ethyl adjacent to an activating group) is 1. The van der Waals surface area contributed by atoms with E-state index in [1.165, 1.54) is 11.8 Å². The molecule has 3 heterocycles. The van der Waals surface area contributed by atoms with Crippen LogP contribution in [-0.4, -0.2) is 138 Å². The van der Waals surface area contributed by atoms with Crippen molar-refractivity contribution in [1.29, 1.82) is 0 Å². The van der Waals surface area contributed by atoms with Gasteiger partial charge in [0.15, 0.2) is 29.9 Å². The van der Waals surface area contributed by atoms with Gasteiger partial charge in [-0.1, -0.05) is 6.07 Å². The van der Waals surface area contributed by atoms with Crippen molar-refractivity contribution in [1.82, 2.24) is 25.8 Å². The molecule has 1 spiro atoms. The van der Waals surface area contributed by atoms with E-state index < -0.39 is 65.2 Å². The highest BCUT2D eigenvalue weighted by Gasteiger charge is 2.72. The number of nitrogens with one attached hydrogen (secondary N) is 3. The summed E-state index contributed by atoms with van der Waals surface area (Å²) in [5.74, 6) is -0.897. The molecule has 2 aliphatic carbocycles. The van der Waals surface area contributed by atoms with Crippen LogP contribution in [0.5, 0.6) is 11.5 Å². The number of ether oxygens (including phenoxy) is 3. The maximum absolute atomic E-state index is 14.1. The molecule has 296 valence electrons. The smallest absolute Gasteiger partial charge is 0.415 e. The Hall–Kier alpha value is -4.65. The molecule has 10 N–H and O–H groups in total. The van der Waals surface area contributed by atoms with Crippen molar-refractivity contribution in [3.63, 3.8) is 0 Å². The second-order valence-electron chi connectivity index (χ2n) is 14.9. The van der Waals surface area contributed by atoms with Gasteiger partial charge in [-0.15, -0.1) is 0 Å². The fourth-order valence-corrected chi connectivity index (χ4v) is 9.10. The zero-order chi connectivity index (χ0) is 38.9. The summed E-state index contributed by atoms with van der Waals surface area (Å²) in [6.07, 6.45) is 0.917. The van der Waals surface area contributed by atoms with Crippen LogP contribution in [0, 0.1) is 5.92 Å². The fourth-order valence-electron chi connectivity index (χ4n) is 9.10. The molecule has 2 fully saturated rings. The quantitative estimate of drug-likeness (QED) is 0.0483. The molecule has 3 aliphatic heterocycles. The van der Waals surface area contributed by atoms with E-state index in [9.17, 15) is 34.5 Å². The third-order valence-electron chi connectivity index (χ3n) is 11.8. The molecular weight excluding hydrogens is 704 g/mol. The van der Waals surface area contributed by atoms with Crippen molar-refractivity contribution in [2.24, 2.45) is 22.4 Å². The molecular formula is C36H52N8O10. The normalized spacial score (nSPS) is 28.5. The predicted octanol–water partition coefficient (Wildman–Crippen LogP) is -1.71. The lowest BCUT2D eigenvalue weighted by molar-refractivity contribution is -0.163. The summed E-state index contributed by atoms with van der Waals surface area (Å²) in [6, 6.07) is 1.96. The number of hydrogen-bond donors (Lipinski definition) is 8. The van der Waals surface area contributed by atoms with E-state index in [0.29, 0.717) is 37.3 Å². The Morgan fingerprint density at radius 1 is 1.17 bits per heavy atom. The van der Waals surface area contributed by atoms with Gasteiger partial charge in [0.25, 0.3) is 0 Å². The van der Waals surface area contributed by atoms with Gasteiger partial charge in [-0.05, 0) is 69.8 Å². The molecule has 2 bridgehead atoms. The summed E-state index contributed by atoms with van der Waals surface area (Å²) in [5.41, 5.74) is 10.7. The van der Waals surface area contributed by atoms with Crippen LogP contribution < -0.4 is 36.9 Å². The highest BCUT2D eigenvalue weighted by molar-refractivity contribution is 5.89. The van der Waals surface area contributed by atoms with Crippen LogP contribution in [0.3, 0.4) is 0 Å². The summed E-state index contributed by atoms with van der Waals surface area (Å²) in [7, 11) is 3.57. The molecule has 18 nitrogen and oxygen atoms in total. The van der Waals surface area contributed by atoms with E-state index in [0.717, 1.165) is 11.1 Å². The second kappa shape index (κ2) is 15.6. The number of carbonyl (C=O) groups is 4. The topological polar surface area (TPSA) is 264 Å². The molecule has 54 heavy (non-hydrogen) atoms. The highest BCUT2D eigenvalue weighted by Crippen LogP contribution is 2.65. The van der Waals surface area contributed by atoms with Crippen LogP contribution in [-0.2, 0) is 31.0 Å². The summed E-state index contributed by atoms with van der Waals surface area (Å²) < 4.78 is 18.5. The third kappa shape index (κ3) is 7.14. The minimum absolute atomic E-state index is 0.0915. The zero-order valence-electron chi connectivity index (χ0n) is 30.9. The number of nitrogens with two attached hydrogens (primary N) is 2. The Balaban J connectivity index is 1.20. The first kappa shape index (κ1) is 39.1. The first-order chi connectivity index (χ1) is 25.7. The SMILES string of the molecule is COc1ccc2c3c1OC1C(OC(=O)N4CCC(C(O)O)CC4CNC(=O)[C@H](CCCN=C(N)N)NC(=O)CNC(C)=O)=CC[C@@]4(O)[C@@H](C2)N(C)CC[C@]314. The van der Waals surface area contributed by atoms with Gasteiger partial charge in [0, 0.05) is 50.5 Å². The van der Waals surface area contributed by atoms with Crippen LogP contribution >= 0.6 is 0 Å². The fraction of sp³-hybridized carbons (Fsp3) is 0.639. The Bertz CT molecular complexity index is 1700. The number of piperidine rings is 2. The number of rotatable bonds is 13. The molecule has 4 amide bonds. The average molecular weight is 757 g/mol. The molecule has 7 atom stereocenters. The molecule has 6 rings (SSSR count). The lowest BCUT2D eigenvalue weighted by atomic mass is 9.50. The monoisotopic (exact) mass is 756 g/mol. The van der Waals surface area contributed by atoms with Crippen molar-refractivity contribution < 1.29 is 48.7 Å². The second-order valence-corrected chi connectivity index (χ2v) is 14.9. The van der Waals surface area contributed by atoms with E-state index in [2.05, 4.69) is 25.8 Å². The molecule has 0 saturated carbocycles. The highest BCUT2D eigenvalue weighted by atomic mass is 16.6. The number of likely N-dealkylation sites (tertiary alicyclic amines) is 2. The average Bonchev–Trinajstić information content (AvgIpc) is 3.49. The van der Waals surface area contributed by atoms with Gasteiger partial charge < -0.3 is 66.7 Å². The number of benzene rings is 1. The largest absolute Gasteiger partial charge is 0.493 e. The number of hydrogen-bond acceptors (Lipinski definition) is 12. The predicted molar refractivity (Wildman–Crippen MR) is 193 cm³/mol. The molecule has 18 heteroatoms. The zero-order valence-corrected chi connectivity index (χ0v) is 30.9. The number of guanidine groups is 1. The van der Waals surface area contributed by atoms with Crippen LogP contribution in [0.2, 0.25) is 0 Å². The molecule has 1 aromatic rings. The Kier molecular flexibility index (Phi) is 11.3. The maximum atomic E-state index is 14.1. The number of aliphatic hydroxyl groups excluding tert-OH is 1. The van der Waals surface area contributed by atoms with Gasteiger partial charge in [-0.3, -0.25) is 19.4 Å². The molecule has 1 aromatic carbocycles. The summed E-state index contributed by atoms with van der Waals surface area (Å²) >= 11 is 0. The third-order valence-corrected chi connectivity index (χ3v) is 11.8. The number of aliphatic imine (C=N–C) groups is 1. The van der Waals surface area contributed by atoms with Crippen molar-refractivity contribution in [3.8, 4) is 11.5 Å². The van der Waals surface area contributed by atoms with Gasteiger partial charge in [0.2, 0.25) is 17.7 Å². The van der Waals surface area contributed by atoms with Gasteiger partial charge in [0.05, 0.1) is 30.7 Å². The molecule has 5 aliphatic rings. The Labute approximate surface area is 313 Å². The molecule has 0 radical (unpaired) electrons. The molecule has 2 saturated heterocycles. The standard InChI is InChI=1S/C36H52N8O10/c1-19(45)40-18-27(46)42-23(5-4-12-39-33(37)38)31(47)41-17-22-15-21(32(48)49)9-13-44(22)34(50)53-25-8-10-36(51)26-16-20-6-7-24(52-3)29-28(20)35(36,30(25)54-29)11-14-43(26)2/h6-8,21-23,26,30,32,48-49,51H,4-5,9-18H2,1-3H3,(H,40,45)(H,41,47)(H,42,46)(H4,37,38,39)/t21?,22?,23-,26+,30?,35-,36+/m0/s1. The number of nitrogens with zero attached hydrogens (tertiary/aromatic N) is 3. The van der Waals surface area contributed by atoms with Crippen LogP contribution in [0.15, 0.2) is 29.0 Å². The van der Waals surface area contributed by atoms with E-state index in [1.54, 1.807) is 13.2 Å². The van der Waals surface area contributed by atoms with Crippen molar-refractivity contribution in [2.75, 3.05) is 46.9 Å². The van der Waals surface area contributed by atoms with E-state index in [-0.39, 0.29) is 69.6 Å². The van der Waals surface area contributed by atoms with Crippen LogP contribution in [0.25, 0.3) is 0 Å². The first-order valence-corrected chi connectivity index (χ1v) is 18.4. The Morgan fingerprint density at radius 2 is 1.94 bits per heavy atom. The number of aliphatic hydroxyl groups is 3. The lowest BCUT2D eigenvalue weighted by Gasteiger charge is -2.61. The van der Waals surface area contributed by atoms with Gasteiger partial charge >= 0.3 is 6.09 Å². The number of carbonyl (C=O) groups excluding carboxylic acids is 4. The van der Waals surface area contributed by atoms with Crippen LogP contribution in [0.1, 0.15) is 56.6 Å². The minimum Gasteiger partial charge on any atom is -0.493 e. The van der Waals surface area contributed by atoms with E-state index in [1.807, 2.05) is 19.2 Å². The van der Waals surface area contributed by atoms with Crippen molar-refractivity contribution >= 4 is 29.8 Å². The first-order valence-electron chi connectivity index (χ1n) is 18.4. The Morgan fingerprint density at radius 3 is 2.65 bits per heavy atom. The van der Waals surface area contributed by atoms with Gasteiger partial charge in [-0.2, -0.15) is 0 Å². The maximum Gasteiger partial charge on any atom is 0.415 e. The van der Waals surface area contributed by atoms with Gasteiger partial charge in [0.1, 0.15) is 11.8 Å². The van der Waals surface area contributed by atoms with Crippen LogP contribution in [0.4, 0.5) is 4.79 Å². The molecule has 0 aromatic heterocycles. The van der Waals surface area contributed by atoms with E-state index >= 15 is 0 Å². The number of amides is 4. The van der Waals surface area contributed by atoms with Crippen molar-refractivity contribution in [3.05, 3.63) is 35.1 Å². The summed E-state index contributed by atoms with van der Waals surface area (Å²) in [4.78, 5) is 59.1.